The highest BCUT2D eigenvalue weighted by Gasteiger charge is 2.29. The van der Waals surface area contributed by atoms with E-state index in [0.717, 1.165) is 13.0 Å². The highest BCUT2D eigenvalue weighted by Crippen LogP contribution is 2.35. The van der Waals surface area contributed by atoms with E-state index in [0.29, 0.717) is 24.2 Å². The predicted molar refractivity (Wildman–Crippen MR) is 91.3 cm³/mol. The normalized spacial score (nSPS) is 21.0. The summed E-state index contributed by atoms with van der Waals surface area (Å²) >= 11 is 1.81. The number of hydrogen-bond acceptors (Lipinski definition) is 3. The van der Waals surface area contributed by atoms with Crippen molar-refractivity contribution in [2.24, 2.45) is 0 Å². The quantitative estimate of drug-likeness (QED) is 0.927. The highest BCUT2D eigenvalue weighted by atomic mass is 32.1. The van der Waals surface area contributed by atoms with E-state index in [1.54, 1.807) is 0 Å². The number of hydrogen-bond donors (Lipinski definition) is 1. The number of halogens is 1. The maximum Gasteiger partial charge on any atom is 0.251 e. The standard InChI is InChI=1S/C18H21FN2OS/c1-12-11-15-7-10-23-17(15)13(2)21(12)9-8-20-18(22)14-3-5-16(19)6-4-14/h3-7,10,12-13H,8-9,11H2,1-2H3,(H,20,22)/t12-,13+/m1/s1. The second-order valence-electron chi connectivity index (χ2n) is 6.04. The van der Waals surface area contributed by atoms with E-state index in [1.807, 2.05) is 11.3 Å². The molecule has 0 radical (unpaired) electrons. The minimum atomic E-state index is -0.329. The van der Waals surface area contributed by atoms with E-state index >= 15 is 0 Å². The molecule has 2 heterocycles. The lowest BCUT2D eigenvalue weighted by Gasteiger charge is -2.38. The molecule has 1 aliphatic rings. The molecule has 0 saturated heterocycles. The van der Waals surface area contributed by atoms with Crippen LogP contribution in [0.3, 0.4) is 0 Å². The van der Waals surface area contributed by atoms with Crippen molar-refractivity contribution in [1.82, 2.24) is 10.2 Å². The Morgan fingerprint density at radius 3 is 2.78 bits per heavy atom. The first kappa shape index (κ1) is 16.1. The first-order valence-electron chi connectivity index (χ1n) is 7.92. The van der Waals surface area contributed by atoms with Crippen LogP contribution < -0.4 is 5.32 Å². The van der Waals surface area contributed by atoms with Gasteiger partial charge in [0.05, 0.1) is 0 Å². The van der Waals surface area contributed by atoms with Crippen molar-refractivity contribution in [3.05, 3.63) is 57.5 Å². The fourth-order valence-corrected chi connectivity index (χ4v) is 4.28. The van der Waals surface area contributed by atoms with Crippen LogP contribution in [0.15, 0.2) is 35.7 Å². The summed E-state index contributed by atoms with van der Waals surface area (Å²) in [7, 11) is 0. The van der Waals surface area contributed by atoms with Gasteiger partial charge in [0, 0.05) is 35.6 Å². The molecule has 1 aromatic heterocycles. The molecule has 2 aromatic rings. The van der Waals surface area contributed by atoms with Crippen molar-refractivity contribution in [2.75, 3.05) is 13.1 Å². The lowest BCUT2D eigenvalue weighted by atomic mass is 9.97. The Balaban J connectivity index is 1.56. The minimum absolute atomic E-state index is 0.154. The summed E-state index contributed by atoms with van der Waals surface area (Å²) in [5.41, 5.74) is 1.95. The molecule has 0 spiro atoms. The zero-order valence-corrected chi connectivity index (χ0v) is 14.2. The largest absolute Gasteiger partial charge is 0.351 e. The molecule has 0 bridgehead atoms. The minimum Gasteiger partial charge on any atom is -0.351 e. The first-order valence-corrected chi connectivity index (χ1v) is 8.80. The van der Waals surface area contributed by atoms with Crippen LogP contribution in [0.2, 0.25) is 0 Å². The van der Waals surface area contributed by atoms with E-state index in [4.69, 9.17) is 0 Å². The van der Waals surface area contributed by atoms with Crippen molar-refractivity contribution in [2.45, 2.75) is 32.4 Å². The van der Waals surface area contributed by atoms with Crippen LogP contribution in [0.5, 0.6) is 0 Å². The van der Waals surface area contributed by atoms with Gasteiger partial charge in [0.2, 0.25) is 0 Å². The van der Waals surface area contributed by atoms with Crippen molar-refractivity contribution in [3.63, 3.8) is 0 Å². The zero-order valence-electron chi connectivity index (χ0n) is 13.4. The van der Waals surface area contributed by atoms with E-state index in [1.165, 1.54) is 34.7 Å². The lowest BCUT2D eigenvalue weighted by molar-refractivity contribution is 0.0930. The van der Waals surface area contributed by atoms with E-state index < -0.39 is 0 Å². The summed E-state index contributed by atoms with van der Waals surface area (Å²) in [5, 5.41) is 5.09. The number of thiophene rings is 1. The summed E-state index contributed by atoms with van der Waals surface area (Å²) in [6.07, 6.45) is 1.06. The number of nitrogens with one attached hydrogen (secondary N) is 1. The molecule has 2 atom stereocenters. The number of carbonyl (C=O) groups excluding carboxylic acids is 1. The molecule has 122 valence electrons. The molecular formula is C18H21FN2OS. The summed E-state index contributed by atoms with van der Waals surface area (Å²) in [4.78, 5) is 15.9. The predicted octanol–water partition coefficient (Wildman–Crippen LogP) is 3.62. The van der Waals surface area contributed by atoms with E-state index in [-0.39, 0.29) is 11.7 Å². The van der Waals surface area contributed by atoms with Gasteiger partial charge in [-0.2, -0.15) is 0 Å². The second-order valence-corrected chi connectivity index (χ2v) is 6.99. The number of amides is 1. The summed E-state index contributed by atoms with van der Waals surface area (Å²) in [5.74, 6) is -0.483. The number of carbonyl (C=O) groups is 1. The Morgan fingerprint density at radius 1 is 1.30 bits per heavy atom. The average molecular weight is 332 g/mol. The maximum absolute atomic E-state index is 12.9. The van der Waals surface area contributed by atoms with Crippen LogP contribution in [0.1, 0.15) is 40.7 Å². The zero-order chi connectivity index (χ0) is 16.4. The first-order chi connectivity index (χ1) is 11.1. The number of fused-ring (bicyclic) bond motifs is 1. The number of benzene rings is 1. The fourth-order valence-electron chi connectivity index (χ4n) is 3.27. The van der Waals surface area contributed by atoms with Gasteiger partial charge in [-0.05, 0) is 61.5 Å². The molecule has 1 N–H and O–H groups in total. The van der Waals surface area contributed by atoms with Crippen LogP contribution >= 0.6 is 11.3 Å². The fraction of sp³-hybridized carbons (Fsp3) is 0.389. The van der Waals surface area contributed by atoms with Gasteiger partial charge in [-0.3, -0.25) is 9.69 Å². The van der Waals surface area contributed by atoms with Crippen LogP contribution in [-0.2, 0) is 6.42 Å². The monoisotopic (exact) mass is 332 g/mol. The maximum atomic E-state index is 12.9. The van der Waals surface area contributed by atoms with Gasteiger partial charge in [-0.25, -0.2) is 4.39 Å². The molecule has 1 aliphatic heterocycles. The molecule has 1 aromatic carbocycles. The molecule has 5 heteroatoms. The Hall–Kier alpha value is -1.72. The molecule has 0 unspecified atom stereocenters. The van der Waals surface area contributed by atoms with Crippen LogP contribution in [0.25, 0.3) is 0 Å². The van der Waals surface area contributed by atoms with Crippen molar-refractivity contribution in [3.8, 4) is 0 Å². The Bertz CT molecular complexity index is 683. The Kier molecular flexibility index (Phi) is 4.78. The third-order valence-electron chi connectivity index (χ3n) is 4.50. The van der Waals surface area contributed by atoms with Crippen LogP contribution in [0, 0.1) is 5.82 Å². The van der Waals surface area contributed by atoms with Crippen LogP contribution in [0.4, 0.5) is 4.39 Å². The second kappa shape index (κ2) is 6.81. The van der Waals surface area contributed by atoms with Gasteiger partial charge in [0.15, 0.2) is 0 Å². The number of rotatable bonds is 4. The van der Waals surface area contributed by atoms with Gasteiger partial charge in [0.25, 0.3) is 5.91 Å². The molecular weight excluding hydrogens is 311 g/mol. The number of nitrogens with zero attached hydrogens (tertiary/aromatic N) is 1. The van der Waals surface area contributed by atoms with Gasteiger partial charge >= 0.3 is 0 Å². The van der Waals surface area contributed by atoms with Gasteiger partial charge in [-0.15, -0.1) is 11.3 Å². The van der Waals surface area contributed by atoms with E-state index in [9.17, 15) is 9.18 Å². The lowest BCUT2D eigenvalue weighted by Crippen LogP contribution is -2.44. The van der Waals surface area contributed by atoms with Gasteiger partial charge < -0.3 is 5.32 Å². The Morgan fingerprint density at radius 2 is 2.04 bits per heavy atom. The molecule has 3 rings (SSSR count). The van der Waals surface area contributed by atoms with Crippen molar-refractivity contribution < 1.29 is 9.18 Å². The smallest absolute Gasteiger partial charge is 0.251 e. The molecule has 3 nitrogen and oxygen atoms in total. The molecule has 0 fully saturated rings. The summed E-state index contributed by atoms with van der Waals surface area (Å²) in [6.45, 7) is 5.86. The van der Waals surface area contributed by atoms with Crippen molar-refractivity contribution in [1.29, 1.82) is 0 Å². The topological polar surface area (TPSA) is 32.3 Å². The Labute approximate surface area is 140 Å². The summed E-state index contributed by atoms with van der Waals surface area (Å²) < 4.78 is 12.9. The van der Waals surface area contributed by atoms with Crippen molar-refractivity contribution >= 4 is 17.2 Å². The summed E-state index contributed by atoms with van der Waals surface area (Å²) in [6, 6.07) is 8.71. The molecule has 23 heavy (non-hydrogen) atoms. The van der Waals surface area contributed by atoms with Crippen LogP contribution in [-0.4, -0.2) is 29.9 Å². The average Bonchev–Trinajstić information content (AvgIpc) is 2.99. The molecule has 0 aliphatic carbocycles. The third-order valence-corrected chi connectivity index (χ3v) is 5.63. The third kappa shape index (κ3) is 3.46. The SMILES string of the molecule is C[C@@H]1Cc2ccsc2[C@H](C)N1CCNC(=O)c1ccc(F)cc1. The molecule has 0 saturated carbocycles. The van der Waals surface area contributed by atoms with Gasteiger partial charge in [-0.1, -0.05) is 0 Å². The van der Waals surface area contributed by atoms with E-state index in [2.05, 4.69) is 35.5 Å². The highest BCUT2D eigenvalue weighted by molar-refractivity contribution is 7.10. The molecule has 1 amide bonds. The van der Waals surface area contributed by atoms with Gasteiger partial charge in [0.1, 0.15) is 5.82 Å².